The van der Waals surface area contributed by atoms with Gasteiger partial charge in [-0.05, 0) is 48.6 Å². The van der Waals surface area contributed by atoms with Crippen molar-refractivity contribution in [3.63, 3.8) is 0 Å². The average molecular weight is 324 g/mol. The lowest BCUT2D eigenvalue weighted by molar-refractivity contribution is 0.475. The van der Waals surface area contributed by atoms with E-state index in [1.54, 1.807) is 36.4 Å². The number of hydrogen-bond acceptors (Lipinski definition) is 3. The fourth-order valence-electron chi connectivity index (χ4n) is 1.52. The van der Waals surface area contributed by atoms with E-state index in [-0.39, 0.29) is 10.7 Å². The topological polar surface area (TPSA) is 59.6 Å². The van der Waals surface area contributed by atoms with Gasteiger partial charge in [0.1, 0.15) is 17.3 Å². The van der Waals surface area contributed by atoms with Gasteiger partial charge in [0.15, 0.2) is 5.11 Å². The fraction of sp³-hybridized carbons (Fsp3) is 0. The second-order valence-corrected chi connectivity index (χ2v) is 4.82. The summed E-state index contributed by atoms with van der Waals surface area (Å²) in [5.74, 6) is 0.364. The van der Waals surface area contributed by atoms with E-state index < -0.39 is 5.82 Å². The maximum Gasteiger partial charge on any atom is 0.184 e. The van der Waals surface area contributed by atoms with Gasteiger partial charge in [-0.3, -0.25) is 5.43 Å². The summed E-state index contributed by atoms with van der Waals surface area (Å²) in [6.07, 6.45) is 1.25. The van der Waals surface area contributed by atoms with Crippen molar-refractivity contribution in [1.29, 1.82) is 0 Å². The van der Waals surface area contributed by atoms with Crippen molar-refractivity contribution in [3.05, 3.63) is 58.9 Å². The minimum atomic E-state index is -0.477. The van der Waals surface area contributed by atoms with Gasteiger partial charge < -0.3 is 10.5 Å². The molecule has 21 heavy (non-hydrogen) atoms. The van der Waals surface area contributed by atoms with Gasteiger partial charge in [-0.25, -0.2) is 4.39 Å². The molecular weight excluding hydrogens is 313 g/mol. The monoisotopic (exact) mass is 323 g/mol. The minimum Gasteiger partial charge on any atom is -0.457 e. The van der Waals surface area contributed by atoms with Crippen LogP contribution >= 0.6 is 23.8 Å². The summed E-state index contributed by atoms with van der Waals surface area (Å²) < 4.78 is 19.5. The molecule has 0 aliphatic rings. The predicted octanol–water partition coefficient (Wildman–Crippen LogP) is 3.44. The van der Waals surface area contributed by atoms with E-state index in [9.17, 15) is 4.39 Å². The lowest BCUT2D eigenvalue weighted by atomic mass is 10.2. The van der Waals surface area contributed by atoms with Crippen LogP contribution < -0.4 is 15.9 Å². The highest BCUT2D eigenvalue weighted by atomic mass is 35.5. The largest absolute Gasteiger partial charge is 0.457 e. The Morgan fingerprint density at radius 2 is 2.00 bits per heavy atom. The van der Waals surface area contributed by atoms with Crippen LogP contribution in [0.1, 0.15) is 5.56 Å². The van der Waals surface area contributed by atoms with Gasteiger partial charge in [0.05, 0.1) is 11.8 Å². The molecule has 3 N–H and O–H groups in total. The Labute approximate surface area is 131 Å². The lowest BCUT2D eigenvalue weighted by Crippen LogP contribution is -2.24. The first-order valence-electron chi connectivity index (χ1n) is 5.86. The van der Waals surface area contributed by atoms with Crippen molar-refractivity contribution in [3.8, 4) is 11.5 Å². The highest BCUT2D eigenvalue weighted by Crippen LogP contribution is 2.27. The predicted molar refractivity (Wildman–Crippen MR) is 85.4 cm³/mol. The Morgan fingerprint density at radius 1 is 1.29 bits per heavy atom. The molecule has 0 spiro atoms. The fourth-order valence-corrected chi connectivity index (χ4v) is 1.70. The summed E-state index contributed by atoms with van der Waals surface area (Å²) in [5.41, 5.74) is 7.78. The number of thiocarbonyl (C=S) groups is 1. The van der Waals surface area contributed by atoms with E-state index in [2.05, 4.69) is 22.7 Å². The van der Waals surface area contributed by atoms with Gasteiger partial charge in [0, 0.05) is 5.02 Å². The summed E-state index contributed by atoms with van der Waals surface area (Å²) in [4.78, 5) is 0. The van der Waals surface area contributed by atoms with Crippen molar-refractivity contribution in [2.45, 2.75) is 0 Å². The van der Waals surface area contributed by atoms with Gasteiger partial charge >= 0.3 is 0 Å². The van der Waals surface area contributed by atoms with Gasteiger partial charge in [-0.1, -0.05) is 17.7 Å². The molecule has 0 bridgehead atoms. The van der Waals surface area contributed by atoms with Crippen molar-refractivity contribution in [2.75, 3.05) is 0 Å². The first-order chi connectivity index (χ1) is 10.1. The summed E-state index contributed by atoms with van der Waals surface area (Å²) in [6.45, 7) is 0. The van der Waals surface area contributed by atoms with Gasteiger partial charge in [-0.2, -0.15) is 5.10 Å². The van der Waals surface area contributed by atoms with Gasteiger partial charge in [-0.15, -0.1) is 0 Å². The third kappa shape index (κ3) is 4.40. The number of rotatable bonds is 4. The second kappa shape index (κ2) is 7.01. The zero-order chi connectivity index (χ0) is 15.2. The van der Waals surface area contributed by atoms with E-state index in [1.165, 1.54) is 12.3 Å². The average Bonchev–Trinajstić information content (AvgIpc) is 2.44. The summed E-state index contributed by atoms with van der Waals surface area (Å²) in [7, 11) is 0. The number of nitrogens with zero attached hydrogens (tertiary/aromatic N) is 1. The Morgan fingerprint density at radius 3 is 2.67 bits per heavy atom. The molecule has 2 aromatic carbocycles. The number of ether oxygens (including phenoxy) is 1. The second-order valence-electron chi connectivity index (χ2n) is 3.94. The van der Waals surface area contributed by atoms with Crippen LogP contribution in [-0.4, -0.2) is 11.3 Å². The molecule has 2 rings (SSSR count). The molecule has 0 saturated heterocycles. The van der Waals surface area contributed by atoms with Crippen LogP contribution in [-0.2, 0) is 0 Å². The van der Waals surface area contributed by atoms with Crippen LogP contribution in [0.3, 0.4) is 0 Å². The molecule has 0 unspecified atom stereocenters. The molecule has 7 heteroatoms. The molecule has 108 valence electrons. The lowest BCUT2D eigenvalue weighted by Gasteiger charge is -2.09. The molecule has 4 nitrogen and oxygen atoms in total. The number of halogens is 2. The SMILES string of the molecule is NC(=S)NN=Cc1c(F)cccc1Oc1ccc(Cl)cc1. The van der Waals surface area contributed by atoms with Crippen LogP contribution in [0.4, 0.5) is 4.39 Å². The van der Waals surface area contributed by atoms with Crippen LogP contribution in [0, 0.1) is 5.82 Å². The number of benzene rings is 2. The maximum absolute atomic E-state index is 13.9. The molecule has 0 aromatic heterocycles. The number of hydrogen-bond donors (Lipinski definition) is 2. The Kier molecular flexibility index (Phi) is 5.08. The molecule has 0 atom stereocenters. The molecule has 0 heterocycles. The van der Waals surface area contributed by atoms with Crippen molar-refractivity contribution < 1.29 is 9.13 Å². The third-order valence-electron chi connectivity index (χ3n) is 2.42. The molecule has 0 radical (unpaired) electrons. The Balaban J connectivity index is 2.26. The Hall–Kier alpha value is -2.18. The summed E-state index contributed by atoms with van der Waals surface area (Å²) >= 11 is 10.4. The van der Waals surface area contributed by atoms with Gasteiger partial charge in [0.2, 0.25) is 0 Å². The zero-order valence-corrected chi connectivity index (χ0v) is 12.3. The number of nitrogens with two attached hydrogens (primary N) is 1. The van der Waals surface area contributed by atoms with Crippen LogP contribution in [0.15, 0.2) is 47.6 Å². The van der Waals surface area contributed by atoms with Crippen molar-refractivity contribution in [2.24, 2.45) is 10.8 Å². The van der Waals surface area contributed by atoms with Crippen LogP contribution in [0.5, 0.6) is 11.5 Å². The smallest absolute Gasteiger partial charge is 0.184 e. The summed E-state index contributed by atoms with van der Waals surface area (Å²) in [6, 6.07) is 11.2. The maximum atomic E-state index is 13.9. The molecular formula is C14H11ClFN3OS. The van der Waals surface area contributed by atoms with E-state index in [4.69, 9.17) is 22.1 Å². The normalized spacial score (nSPS) is 10.6. The van der Waals surface area contributed by atoms with Gasteiger partial charge in [0.25, 0.3) is 0 Å². The van der Waals surface area contributed by atoms with E-state index in [0.717, 1.165) is 0 Å². The molecule has 0 aliphatic heterocycles. The first kappa shape index (κ1) is 15.2. The molecule has 0 saturated carbocycles. The molecule has 0 aliphatic carbocycles. The highest BCUT2D eigenvalue weighted by Gasteiger charge is 2.08. The first-order valence-corrected chi connectivity index (χ1v) is 6.65. The third-order valence-corrected chi connectivity index (χ3v) is 2.77. The van der Waals surface area contributed by atoms with Crippen LogP contribution in [0.25, 0.3) is 0 Å². The van der Waals surface area contributed by atoms with E-state index >= 15 is 0 Å². The summed E-state index contributed by atoms with van der Waals surface area (Å²) in [5, 5.41) is 4.31. The number of nitrogens with one attached hydrogen (secondary N) is 1. The van der Waals surface area contributed by atoms with Crippen molar-refractivity contribution in [1.82, 2.24) is 5.43 Å². The van der Waals surface area contributed by atoms with Crippen molar-refractivity contribution >= 4 is 35.1 Å². The molecule has 0 fully saturated rings. The minimum absolute atomic E-state index is 0.0113. The quantitative estimate of drug-likeness (QED) is 0.514. The molecule has 0 amide bonds. The van der Waals surface area contributed by atoms with E-state index in [1.807, 2.05) is 0 Å². The number of hydrazone groups is 1. The van der Waals surface area contributed by atoms with E-state index in [0.29, 0.717) is 16.5 Å². The highest BCUT2D eigenvalue weighted by molar-refractivity contribution is 7.80. The molecule has 2 aromatic rings. The van der Waals surface area contributed by atoms with Crippen LogP contribution in [0.2, 0.25) is 5.02 Å². The zero-order valence-electron chi connectivity index (χ0n) is 10.7. The Bertz CT molecular complexity index is 676. The standard InChI is InChI=1S/C14H11ClFN3OS/c15-9-4-6-10(7-5-9)20-13-3-1-2-12(16)11(13)8-18-19-14(17)21/h1-8H,(H3,17,19,21).